The molecule has 1 aliphatic heterocycles. The van der Waals surface area contributed by atoms with Gasteiger partial charge in [0.05, 0.1) is 6.04 Å². The molecule has 1 aliphatic rings. The average Bonchev–Trinajstić information content (AvgIpc) is 2.44. The Labute approximate surface area is 113 Å². The van der Waals surface area contributed by atoms with Crippen molar-refractivity contribution in [3.05, 3.63) is 71.8 Å². The molecule has 96 valence electrons. The maximum absolute atomic E-state index is 10.8. The molecule has 1 saturated heterocycles. The fourth-order valence-corrected chi connectivity index (χ4v) is 2.73. The first-order valence-electron chi connectivity index (χ1n) is 6.67. The highest BCUT2D eigenvalue weighted by atomic mass is 16.1. The van der Waals surface area contributed by atoms with Gasteiger partial charge >= 0.3 is 0 Å². The summed E-state index contributed by atoms with van der Waals surface area (Å²) in [6.07, 6.45) is 1.07. The molecular formula is C17H17NO. The molecule has 0 bridgehead atoms. The first kappa shape index (κ1) is 12.1. The van der Waals surface area contributed by atoms with Gasteiger partial charge in [0.15, 0.2) is 0 Å². The fraction of sp³-hybridized carbons (Fsp3) is 0.235. The summed E-state index contributed by atoms with van der Waals surface area (Å²) in [5, 5.41) is 0. The molecule has 0 atom stereocenters. The zero-order valence-electron chi connectivity index (χ0n) is 10.8. The molecule has 0 unspecified atom stereocenters. The number of rotatable bonds is 4. The summed E-state index contributed by atoms with van der Waals surface area (Å²) in [4.78, 5) is 13.2. The summed E-state index contributed by atoms with van der Waals surface area (Å²) >= 11 is 0. The lowest BCUT2D eigenvalue weighted by Crippen LogP contribution is -2.49. The van der Waals surface area contributed by atoms with Gasteiger partial charge in [-0.15, -0.1) is 0 Å². The van der Waals surface area contributed by atoms with Gasteiger partial charge in [0.2, 0.25) is 0 Å². The van der Waals surface area contributed by atoms with E-state index in [0.717, 1.165) is 19.4 Å². The molecule has 0 spiro atoms. The Morgan fingerprint density at radius 1 is 0.895 bits per heavy atom. The van der Waals surface area contributed by atoms with E-state index in [9.17, 15) is 4.79 Å². The smallest absolute Gasteiger partial charge is 0.125 e. The lowest BCUT2D eigenvalue weighted by Gasteiger charge is -2.42. The van der Waals surface area contributed by atoms with Gasteiger partial charge in [-0.1, -0.05) is 60.7 Å². The second-order valence-electron chi connectivity index (χ2n) is 5.07. The predicted molar refractivity (Wildman–Crippen MR) is 75.9 cm³/mol. The Morgan fingerprint density at radius 3 is 1.79 bits per heavy atom. The molecule has 2 aromatic rings. The second kappa shape index (κ2) is 5.37. The van der Waals surface area contributed by atoms with E-state index in [2.05, 4.69) is 53.4 Å². The highest BCUT2D eigenvalue weighted by Gasteiger charge is 2.33. The molecule has 2 nitrogen and oxygen atoms in total. The van der Waals surface area contributed by atoms with Crippen LogP contribution in [0.3, 0.4) is 0 Å². The molecule has 19 heavy (non-hydrogen) atoms. The molecule has 2 heteroatoms. The minimum Gasteiger partial charge on any atom is -0.303 e. The number of aldehydes is 1. The average molecular weight is 251 g/mol. The van der Waals surface area contributed by atoms with Crippen molar-refractivity contribution in [3.8, 4) is 0 Å². The minimum atomic E-state index is 0.204. The lowest BCUT2D eigenvalue weighted by atomic mass is 9.91. The number of benzene rings is 2. The van der Waals surface area contributed by atoms with Crippen LogP contribution in [-0.2, 0) is 4.79 Å². The van der Waals surface area contributed by atoms with Gasteiger partial charge in [-0.3, -0.25) is 4.90 Å². The highest BCUT2D eigenvalue weighted by Crippen LogP contribution is 2.33. The molecule has 0 radical (unpaired) electrons. The molecule has 1 heterocycles. The first-order valence-corrected chi connectivity index (χ1v) is 6.67. The van der Waals surface area contributed by atoms with Gasteiger partial charge in [0.25, 0.3) is 0 Å². The van der Waals surface area contributed by atoms with E-state index < -0.39 is 0 Å². The van der Waals surface area contributed by atoms with E-state index in [-0.39, 0.29) is 12.0 Å². The highest BCUT2D eigenvalue weighted by molar-refractivity contribution is 5.56. The third kappa shape index (κ3) is 2.45. The van der Waals surface area contributed by atoms with Crippen molar-refractivity contribution in [2.24, 2.45) is 5.92 Å². The zero-order valence-corrected chi connectivity index (χ0v) is 10.8. The zero-order chi connectivity index (χ0) is 13.1. The van der Waals surface area contributed by atoms with Crippen molar-refractivity contribution in [1.29, 1.82) is 0 Å². The molecule has 0 N–H and O–H groups in total. The molecular weight excluding hydrogens is 234 g/mol. The molecule has 3 rings (SSSR count). The van der Waals surface area contributed by atoms with Crippen LogP contribution in [0.5, 0.6) is 0 Å². The van der Waals surface area contributed by atoms with Crippen molar-refractivity contribution in [1.82, 2.24) is 4.90 Å². The number of hydrogen-bond acceptors (Lipinski definition) is 2. The van der Waals surface area contributed by atoms with Crippen LogP contribution >= 0.6 is 0 Å². The van der Waals surface area contributed by atoms with E-state index in [1.54, 1.807) is 0 Å². The molecule has 2 aromatic carbocycles. The van der Waals surface area contributed by atoms with Crippen molar-refractivity contribution in [2.75, 3.05) is 13.1 Å². The van der Waals surface area contributed by atoms with Crippen LogP contribution in [0.2, 0.25) is 0 Å². The first-order chi connectivity index (χ1) is 9.38. The number of nitrogens with zero attached hydrogens (tertiary/aromatic N) is 1. The Morgan fingerprint density at radius 2 is 1.37 bits per heavy atom. The van der Waals surface area contributed by atoms with Gasteiger partial charge in [-0.05, 0) is 11.1 Å². The van der Waals surface area contributed by atoms with Gasteiger partial charge < -0.3 is 4.79 Å². The minimum absolute atomic E-state index is 0.204. The molecule has 0 aromatic heterocycles. The number of likely N-dealkylation sites (tertiary alicyclic amines) is 1. The number of hydrogen-bond donors (Lipinski definition) is 0. The monoisotopic (exact) mass is 251 g/mol. The van der Waals surface area contributed by atoms with Crippen LogP contribution in [0.15, 0.2) is 60.7 Å². The lowest BCUT2D eigenvalue weighted by molar-refractivity contribution is -0.116. The van der Waals surface area contributed by atoms with Crippen molar-refractivity contribution < 1.29 is 4.79 Å². The van der Waals surface area contributed by atoms with Crippen LogP contribution in [0.25, 0.3) is 0 Å². The SMILES string of the molecule is O=CC1CN(C(c2ccccc2)c2ccccc2)C1. The summed E-state index contributed by atoms with van der Waals surface area (Å²) in [5.41, 5.74) is 2.58. The third-order valence-corrected chi connectivity index (χ3v) is 3.73. The van der Waals surface area contributed by atoms with E-state index >= 15 is 0 Å². The summed E-state index contributed by atoms with van der Waals surface area (Å²) in [5.74, 6) is 0.204. The number of carbonyl (C=O) groups is 1. The van der Waals surface area contributed by atoms with Crippen molar-refractivity contribution >= 4 is 6.29 Å². The number of carbonyl (C=O) groups excluding carboxylic acids is 1. The van der Waals surface area contributed by atoms with Crippen molar-refractivity contribution in [3.63, 3.8) is 0 Å². The quantitative estimate of drug-likeness (QED) is 0.779. The Balaban J connectivity index is 1.91. The van der Waals surface area contributed by atoms with Crippen LogP contribution in [-0.4, -0.2) is 24.3 Å². The Bertz CT molecular complexity index is 492. The fourth-order valence-electron chi connectivity index (χ4n) is 2.73. The maximum Gasteiger partial charge on any atom is 0.125 e. The third-order valence-electron chi connectivity index (χ3n) is 3.73. The molecule has 0 aliphatic carbocycles. The van der Waals surface area contributed by atoms with E-state index in [1.807, 2.05) is 12.1 Å². The Kier molecular flexibility index (Phi) is 3.43. The topological polar surface area (TPSA) is 20.3 Å². The largest absolute Gasteiger partial charge is 0.303 e. The van der Waals surface area contributed by atoms with E-state index in [4.69, 9.17) is 0 Å². The van der Waals surface area contributed by atoms with Gasteiger partial charge in [0, 0.05) is 19.0 Å². The Hall–Kier alpha value is -1.93. The van der Waals surface area contributed by atoms with E-state index in [1.165, 1.54) is 11.1 Å². The van der Waals surface area contributed by atoms with E-state index in [0.29, 0.717) is 0 Å². The van der Waals surface area contributed by atoms with Crippen LogP contribution in [0.4, 0.5) is 0 Å². The molecule has 0 amide bonds. The molecule has 0 saturated carbocycles. The van der Waals surface area contributed by atoms with Gasteiger partial charge in [-0.25, -0.2) is 0 Å². The van der Waals surface area contributed by atoms with Crippen LogP contribution in [0.1, 0.15) is 17.2 Å². The summed E-state index contributed by atoms with van der Waals surface area (Å²) in [6, 6.07) is 21.3. The summed E-state index contributed by atoms with van der Waals surface area (Å²) < 4.78 is 0. The summed E-state index contributed by atoms with van der Waals surface area (Å²) in [6.45, 7) is 1.72. The van der Waals surface area contributed by atoms with Gasteiger partial charge in [-0.2, -0.15) is 0 Å². The normalized spacial score (nSPS) is 16.3. The standard InChI is InChI=1S/C17H17NO/c19-13-14-11-18(12-14)17(15-7-3-1-4-8-15)16-9-5-2-6-10-16/h1-10,13-14,17H,11-12H2. The predicted octanol–water partition coefficient (Wildman–Crippen LogP) is 2.91. The second-order valence-corrected chi connectivity index (χ2v) is 5.07. The van der Waals surface area contributed by atoms with Crippen molar-refractivity contribution in [2.45, 2.75) is 6.04 Å². The van der Waals surface area contributed by atoms with Crippen LogP contribution in [0, 0.1) is 5.92 Å². The molecule has 1 fully saturated rings. The van der Waals surface area contributed by atoms with Crippen LogP contribution < -0.4 is 0 Å². The maximum atomic E-state index is 10.8. The van der Waals surface area contributed by atoms with Gasteiger partial charge in [0.1, 0.15) is 6.29 Å². The summed E-state index contributed by atoms with van der Waals surface area (Å²) in [7, 11) is 0.